The molecule has 0 bridgehead atoms. The topological polar surface area (TPSA) is 9.23 Å². The summed E-state index contributed by atoms with van der Waals surface area (Å²) >= 11 is 0. The molecule has 2 heteroatoms. The Balaban J connectivity index is 3.71. The van der Waals surface area contributed by atoms with E-state index in [1.807, 2.05) is 6.92 Å². The summed E-state index contributed by atoms with van der Waals surface area (Å²) in [7, 11) is 6.35. The Morgan fingerprint density at radius 3 is 2.33 bits per heavy atom. The van der Waals surface area contributed by atoms with E-state index in [0.29, 0.717) is 0 Å². The van der Waals surface area contributed by atoms with Gasteiger partial charge in [0.2, 0.25) is 0 Å². The first-order valence-electron chi connectivity index (χ1n) is 4.59. The standard InChI is InChI=1S/C10H22NO/c1-6-7-8-12-10(2)9-11(3,4)5/h9H,6-8H2,1-5H3/q+1. The molecule has 72 valence electrons. The number of rotatable bonds is 5. The van der Waals surface area contributed by atoms with Crippen LogP contribution in [0, 0.1) is 0 Å². The van der Waals surface area contributed by atoms with Gasteiger partial charge in [0.25, 0.3) is 0 Å². The van der Waals surface area contributed by atoms with E-state index in [-0.39, 0.29) is 0 Å². The molecule has 0 spiro atoms. The largest absolute Gasteiger partial charge is 0.493 e. The predicted octanol–water partition coefficient (Wildman–Crippen LogP) is 2.37. The van der Waals surface area contributed by atoms with Crippen LogP contribution >= 0.6 is 0 Å². The van der Waals surface area contributed by atoms with Crippen LogP contribution in [0.3, 0.4) is 0 Å². The minimum Gasteiger partial charge on any atom is -0.493 e. The molecule has 0 N–H and O–H groups in total. The van der Waals surface area contributed by atoms with Gasteiger partial charge in [-0.1, -0.05) is 13.3 Å². The molecule has 0 rings (SSSR count). The first-order valence-corrected chi connectivity index (χ1v) is 4.59. The highest BCUT2D eigenvalue weighted by Gasteiger charge is 2.03. The van der Waals surface area contributed by atoms with Gasteiger partial charge in [0.15, 0.2) is 0 Å². The molecule has 0 unspecified atom stereocenters. The maximum Gasteiger partial charge on any atom is 0.146 e. The van der Waals surface area contributed by atoms with E-state index in [0.717, 1.165) is 23.3 Å². The van der Waals surface area contributed by atoms with Gasteiger partial charge in [-0.05, 0) is 13.3 Å². The zero-order chi connectivity index (χ0) is 9.61. The van der Waals surface area contributed by atoms with Gasteiger partial charge in [-0.2, -0.15) is 0 Å². The van der Waals surface area contributed by atoms with Gasteiger partial charge < -0.3 is 9.22 Å². The third-order valence-electron chi connectivity index (χ3n) is 1.40. The molecular weight excluding hydrogens is 150 g/mol. The minimum absolute atomic E-state index is 0.817. The lowest BCUT2D eigenvalue weighted by atomic mass is 10.4. The van der Waals surface area contributed by atoms with Crippen LogP contribution in [0.4, 0.5) is 0 Å². The molecule has 0 radical (unpaired) electrons. The van der Waals surface area contributed by atoms with E-state index in [1.165, 1.54) is 6.42 Å². The van der Waals surface area contributed by atoms with Crippen LogP contribution in [0.2, 0.25) is 0 Å². The maximum atomic E-state index is 5.50. The monoisotopic (exact) mass is 172 g/mol. The van der Waals surface area contributed by atoms with Crippen LogP contribution in [0.25, 0.3) is 0 Å². The molecule has 0 heterocycles. The first-order chi connectivity index (χ1) is 5.45. The summed E-state index contributed by atoms with van der Waals surface area (Å²) in [6.45, 7) is 5.03. The zero-order valence-corrected chi connectivity index (χ0v) is 9.05. The lowest BCUT2D eigenvalue weighted by molar-refractivity contribution is -0.818. The Morgan fingerprint density at radius 2 is 1.92 bits per heavy atom. The smallest absolute Gasteiger partial charge is 0.146 e. The van der Waals surface area contributed by atoms with Gasteiger partial charge in [-0.25, -0.2) is 0 Å². The Morgan fingerprint density at radius 1 is 1.33 bits per heavy atom. The third-order valence-corrected chi connectivity index (χ3v) is 1.40. The number of unbranched alkanes of at least 4 members (excludes halogenated alkanes) is 1. The number of hydrogen-bond acceptors (Lipinski definition) is 1. The van der Waals surface area contributed by atoms with Crippen LogP contribution in [0.5, 0.6) is 0 Å². The fourth-order valence-electron chi connectivity index (χ4n) is 0.960. The average molecular weight is 172 g/mol. The van der Waals surface area contributed by atoms with Gasteiger partial charge in [0, 0.05) is 0 Å². The van der Waals surface area contributed by atoms with Gasteiger partial charge in [0.05, 0.1) is 27.7 Å². The minimum atomic E-state index is 0.817. The second kappa shape index (κ2) is 5.20. The Kier molecular flexibility index (Phi) is 4.98. The van der Waals surface area contributed by atoms with Crippen LogP contribution < -0.4 is 0 Å². The summed E-state index contributed by atoms with van der Waals surface area (Å²) in [5.74, 6) is 1.02. The van der Waals surface area contributed by atoms with E-state index in [2.05, 4.69) is 34.3 Å². The summed E-state index contributed by atoms with van der Waals surface area (Å²) in [5, 5.41) is 0. The molecule has 0 aliphatic heterocycles. The lowest BCUT2D eigenvalue weighted by Gasteiger charge is -2.19. The molecule has 12 heavy (non-hydrogen) atoms. The van der Waals surface area contributed by atoms with Crippen LogP contribution in [0.15, 0.2) is 12.0 Å². The molecule has 0 atom stereocenters. The van der Waals surface area contributed by atoms with Crippen molar-refractivity contribution in [2.45, 2.75) is 26.7 Å². The summed E-state index contributed by atoms with van der Waals surface area (Å²) in [5.41, 5.74) is 0. The average Bonchev–Trinajstić information content (AvgIpc) is 1.84. The van der Waals surface area contributed by atoms with E-state index in [1.54, 1.807) is 0 Å². The van der Waals surface area contributed by atoms with Gasteiger partial charge in [0.1, 0.15) is 12.0 Å². The first kappa shape index (κ1) is 11.5. The molecule has 0 aromatic carbocycles. The number of allylic oxidation sites excluding steroid dienone is 1. The molecule has 0 aromatic heterocycles. The number of nitrogens with zero attached hydrogens (tertiary/aromatic N) is 1. The normalized spacial score (nSPS) is 13.2. The van der Waals surface area contributed by atoms with Crippen LogP contribution in [0.1, 0.15) is 26.7 Å². The molecule has 0 saturated heterocycles. The van der Waals surface area contributed by atoms with E-state index >= 15 is 0 Å². The van der Waals surface area contributed by atoms with Crippen molar-refractivity contribution < 1.29 is 9.22 Å². The van der Waals surface area contributed by atoms with Crippen LogP contribution in [-0.4, -0.2) is 32.2 Å². The van der Waals surface area contributed by atoms with E-state index < -0.39 is 0 Å². The van der Waals surface area contributed by atoms with Crippen molar-refractivity contribution >= 4 is 0 Å². The highest BCUT2D eigenvalue weighted by Crippen LogP contribution is 2.02. The highest BCUT2D eigenvalue weighted by molar-refractivity contribution is 4.80. The quantitative estimate of drug-likeness (QED) is 0.351. The second-order valence-corrected chi connectivity index (χ2v) is 4.06. The van der Waals surface area contributed by atoms with E-state index in [9.17, 15) is 0 Å². The Hall–Kier alpha value is -0.500. The van der Waals surface area contributed by atoms with Crippen LogP contribution in [-0.2, 0) is 4.74 Å². The molecule has 0 aromatic rings. The summed E-state index contributed by atoms with van der Waals surface area (Å²) in [4.78, 5) is 0. The number of hydrogen-bond donors (Lipinski definition) is 0. The lowest BCUT2D eigenvalue weighted by Crippen LogP contribution is -2.27. The second-order valence-electron chi connectivity index (χ2n) is 4.06. The fourth-order valence-corrected chi connectivity index (χ4v) is 0.960. The van der Waals surface area contributed by atoms with Crippen molar-refractivity contribution in [2.24, 2.45) is 0 Å². The maximum absolute atomic E-state index is 5.50. The van der Waals surface area contributed by atoms with Gasteiger partial charge in [-0.3, -0.25) is 0 Å². The van der Waals surface area contributed by atoms with E-state index in [4.69, 9.17) is 4.74 Å². The van der Waals surface area contributed by atoms with Gasteiger partial charge in [-0.15, -0.1) is 0 Å². The van der Waals surface area contributed by atoms with Crippen molar-refractivity contribution in [1.82, 2.24) is 0 Å². The van der Waals surface area contributed by atoms with Crippen molar-refractivity contribution in [3.05, 3.63) is 12.0 Å². The van der Waals surface area contributed by atoms with Crippen molar-refractivity contribution in [2.75, 3.05) is 27.7 Å². The third kappa shape index (κ3) is 7.61. The molecule has 0 fully saturated rings. The molecule has 2 nitrogen and oxygen atoms in total. The van der Waals surface area contributed by atoms with Gasteiger partial charge >= 0.3 is 0 Å². The predicted molar refractivity (Wildman–Crippen MR) is 52.6 cm³/mol. The van der Waals surface area contributed by atoms with Crippen molar-refractivity contribution in [3.8, 4) is 0 Å². The molecule has 0 aliphatic carbocycles. The Labute approximate surface area is 76.4 Å². The SMILES string of the molecule is CCCCOC(C)=C[N+](C)(C)C. The molecule has 0 amide bonds. The number of quaternary nitrogens is 1. The Bertz CT molecular complexity index is 144. The van der Waals surface area contributed by atoms with Crippen molar-refractivity contribution in [3.63, 3.8) is 0 Å². The number of ether oxygens (including phenoxy) is 1. The van der Waals surface area contributed by atoms with Crippen molar-refractivity contribution in [1.29, 1.82) is 0 Å². The fraction of sp³-hybridized carbons (Fsp3) is 0.800. The summed E-state index contributed by atoms with van der Waals surface area (Å²) in [6, 6.07) is 0. The molecule has 0 saturated carbocycles. The molecular formula is C10H22NO+. The molecule has 0 aliphatic rings. The summed E-state index contributed by atoms with van der Waals surface area (Å²) in [6.07, 6.45) is 4.44. The zero-order valence-electron chi connectivity index (χ0n) is 9.05. The highest BCUT2D eigenvalue weighted by atomic mass is 16.5. The summed E-state index contributed by atoms with van der Waals surface area (Å²) < 4.78 is 6.32.